The smallest absolute Gasteiger partial charge is 0.365 e. The topological polar surface area (TPSA) is 301 Å². The number of nitrogens with zero attached hydrogens (tertiary/aromatic N) is 14. The van der Waals surface area contributed by atoms with Gasteiger partial charge in [0.2, 0.25) is 15.4 Å². The maximum atomic E-state index is 11.4. The minimum atomic E-state index is -0.422. The van der Waals surface area contributed by atoms with E-state index in [-0.39, 0.29) is 17.1 Å². The Labute approximate surface area is 567 Å². The van der Waals surface area contributed by atoms with Crippen LogP contribution < -0.4 is 68.9 Å². The Balaban J connectivity index is 0.000000104. The molecule has 96 heavy (non-hydrogen) atoms. The maximum absolute atomic E-state index is 11.4. The van der Waals surface area contributed by atoms with Crippen molar-refractivity contribution in [2.45, 2.75) is 29.5 Å². The van der Waals surface area contributed by atoms with Crippen molar-refractivity contribution in [2.24, 2.45) is 42.3 Å². The number of hydrogen-bond donors (Lipinski definition) is 6. The Bertz CT molecular complexity index is 4590. The van der Waals surface area contributed by atoms with E-state index in [9.17, 15) is 19.2 Å². The second-order valence-electron chi connectivity index (χ2n) is 21.1. The highest BCUT2D eigenvalue weighted by atomic mass is 32.2. The average Bonchev–Trinajstić information content (AvgIpc) is 0.862. The molecule has 0 amide bonds. The van der Waals surface area contributed by atoms with Crippen LogP contribution in [0.2, 0.25) is 0 Å². The molecule has 0 saturated heterocycles. The Morgan fingerprint density at radius 3 is 1.21 bits per heavy atom. The summed E-state index contributed by atoms with van der Waals surface area (Å²) < 4.78 is 26.8. The molecule has 32 heteroatoms. The summed E-state index contributed by atoms with van der Waals surface area (Å²) in [7, 11) is 10.2. The summed E-state index contributed by atoms with van der Waals surface area (Å²) in [6, 6.07) is 46.6. The Morgan fingerprint density at radius 1 is 0.323 bits per heavy atom. The van der Waals surface area contributed by atoms with E-state index >= 15 is 0 Å². The summed E-state index contributed by atoms with van der Waals surface area (Å²) >= 11 is 15.1. The molecule has 0 bridgehead atoms. The van der Waals surface area contributed by atoms with Gasteiger partial charge in [-0.15, -0.1) is 5.10 Å². The zero-order chi connectivity index (χ0) is 66.7. The summed E-state index contributed by atoms with van der Waals surface area (Å²) in [5.41, 5.74) is 4.22. The van der Waals surface area contributed by atoms with E-state index in [2.05, 4.69) is 78.1 Å². The molecule has 6 aliphatic rings. The number of fused-ring (bicyclic) bond motifs is 12. The van der Waals surface area contributed by atoms with Gasteiger partial charge in [0.05, 0.1) is 56.3 Å². The van der Waals surface area contributed by atoms with Crippen LogP contribution in [0.3, 0.4) is 0 Å². The number of aromatic nitrogens is 14. The molecule has 6 N–H and O–H groups in total. The number of anilines is 12. The Kier molecular flexibility index (Phi) is 18.0. The quantitative estimate of drug-likeness (QED) is 0.0769. The molecule has 0 radical (unpaired) electrons. The third-order valence-electron chi connectivity index (χ3n) is 14.2. The lowest BCUT2D eigenvalue weighted by Crippen LogP contribution is -2.25. The van der Waals surface area contributed by atoms with E-state index < -0.39 is 5.69 Å². The second-order valence-corrected chi connectivity index (χ2v) is 25.0. The Morgan fingerprint density at radius 2 is 0.667 bits per heavy atom. The molecule has 12 aromatic rings. The van der Waals surface area contributed by atoms with Crippen LogP contribution in [0.15, 0.2) is 219 Å². The number of nitrogens with one attached hydrogen (secondary N) is 6. The predicted molar refractivity (Wildman–Crippen MR) is 373 cm³/mol. The van der Waals surface area contributed by atoms with Gasteiger partial charge in [-0.3, -0.25) is 4.57 Å². The number of aryl methyl sites for hydroxylation is 6. The van der Waals surface area contributed by atoms with Crippen LogP contribution >= 0.6 is 59.7 Å². The largest absolute Gasteiger partial charge is 0.450 e. The third-order valence-corrected chi connectivity index (χ3v) is 18.2. The van der Waals surface area contributed by atoms with Gasteiger partial charge in [0.15, 0.2) is 57.0 Å². The molecule has 18 rings (SSSR count). The zero-order valence-corrected chi connectivity index (χ0v) is 55.4. The highest BCUT2D eigenvalue weighted by Gasteiger charge is 2.24. The zero-order valence-electron chi connectivity index (χ0n) is 51.3. The summed E-state index contributed by atoms with van der Waals surface area (Å²) in [4.78, 5) is 75.2. The molecule has 0 atom stereocenters. The van der Waals surface area contributed by atoms with Gasteiger partial charge in [0.1, 0.15) is 5.82 Å². The summed E-state index contributed by atoms with van der Waals surface area (Å²) in [6.07, 6.45) is 7.26. The van der Waals surface area contributed by atoms with Crippen LogP contribution in [-0.2, 0) is 42.3 Å². The maximum Gasteiger partial charge on any atom is 0.365 e. The van der Waals surface area contributed by atoms with Crippen molar-refractivity contribution >= 4 is 129 Å². The second kappa shape index (κ2) is 27.2. The van der Waals surface area contributed by atoms with Gasteiger partial charge in [-0.2, -0.15) is 30.0 Å². The SMILES string of the molecule is Cn1cc2c(nc1=O)Nc1ccccc1O2.Cn1cc2c(nc1=O)Nc1ccccc1S2.Cn1cc2c(nc1=S)Nc1ccccc1O2.Cn1cc2c(nc1=S)Nc1ccccc1S2.Cn1nc2c(nc1=O)Nc1ccccc1O2.Cn1nc2c(nc1=O)Nc1ccccc1S2. The first-order valence-electron chi connectivity index (χ1n) is 28.9. The monoisotopic (exact) mass is 1370 g/mol. The predicted octanol–water partition coefficient (Wildman–Crippen LogP) is 12.4. The molecule has 0 spiro atoms. The first kappa shape index (κ1) is 63.3. The lowest BCUT2D eigenvalue weighted by molar-refractivity contribution is 0.432. The van der Waals surface area contributed by atoms with Gasteiger partial charge in [0.25, 0.3) is 5.88 Å². The standard InChI is InChI=1S/C11H9N3O2.2C11H9N3OS.C11H9N3S2.C10H8N4O2.C10H8N4OS/c2*1-14-6-9-10(13-11(14)15)12-7-4-2-3-5-8(7)16-9;1-14-6-9-10(13-11(14)16)12-7-4-2-3-5-8(7)15-9;1-14-6-9-10(13-11(14)15)12-7-4-2-3-5-8(7)16-9;2*1-14-10(15)12-8-9(13-14)16-7-5-3-2-4-6(7)11-8/h2*2-6H,1H3,(H,12,13,15);2-6H,1H3,(H,12,13,16);2-6H,1H3,(H,12,13,15);2*2-5H,1H3,(H,11,12,15). The van der Waals surface area contributed by atoms with E-state index in [4.69, 9.17) is 38.6 Å². The van der Waals surface area contributed by atoms with Crippen LogP contribution in [0.25, 0.3) is 0 Å². The molecule has 0 fully saturated rings. The van der Waals surface area contributed by atoms with Crippen LogP contribution in [0.4, 0.5) is 69.0 Å². The van der Waals surface area contributed by atoms with Crippen LogP contribution in [-0.4, -0.2) is 67.7 Å². The van der Waals surface area contributed by atoms with E-state index in [1.807, 2.05) is 171 Å². The van der Waals surface area contributed by atoms with Crippen molar-refractivity contribution in [3.8, 4) is 34.6 Å². The molecule has 6 aliphatic heterocycles. The first-order valence-corrected chi connectivity index (χ1v) is 32.1. The molecule has 0 saturated carbocycles. The fourth-order valence-corrected chi connectivity index (χ4v) is 12.6. The molecule has 12 heterocycles. The average molecular weight is 1370 g/mol. The molecule has 27 nitrogen and oxygen atoms in total. The highest BCUT2D eigenvalue weighted by molar-refractivity contribution is 8.00. The number of benzene rings is 6. The number of ether oxygens (including phenoxy) is 3. The lowest BCUT2D eigenvalue weighted by atomic mass is 10.2. The minimum Gasteiger partial charge on any atom is -0.450 e. The van der Waals surface area contributed by atoms with Crippen molar-refractivity contribution in [2.75, 3.05) is 31.9 Å². The van der Waals surface area contributed by atoms with Crippen molar-refractivity contribution in [1.29, 1.82) is 0 Å². The third kappa shape index (κ3) is 13.9. The van der Waals surface area contributed by atoms with Crippen molar-refractivity contribution in [3.63, 3.8) is 0 Å². The van der Waals surface area contributed by atoms with Gasteiger partial charge in [-0.25, -0.2) is 33.5 Å². The molecule has 480 valence electrons. The number of hydrogen-bond acceptors (Lipinski definition) is 26. The van der Waals surface area contributed by atoms with Crippen LogP contribution in [0, 0.1) is 9.54 Å². The number of rotatable bonds is 0. The summed E-state index contributed by atoms with van der Waals surface area (Å²) in [6.45, 7) is 0. The van der Waals surface area contributed by atoms with Crippen molar-refractivity contribution in [3.05, 3.63) is 222 Å². The molecule has 6 aromatic heterocycles. The highest BCUT2D eigenvalue weighted by Crippen LogP contribution is 2.46. The molecule has 6 aromatic carbocycles. The van der Waals surface area contributed by atoms with E-state index in [1.165, 1.54) is 37.5 Å². The van der Waals surface area contributed by atoms with Crippen LogP contribution in [0.5, 0.6) is 34.6 Å². The summed E-state index contributed by atoms with van der Waals surface area (Å²) in [5, 5.41) is 27.7. The van der Waals surface area contributed by atoms with Gasteiger partial charge in [-0.05, 0) is 97.2 Å². The molecule has 0 unspecified atom stereocenters. The Hall–Kier alpha value is -11.5. The van der Waals surface area contributed by atoms with Crippen molar-refractivity contribution in [1.82, 2.24) is 67.7 Å². The normalized spacial score (nSPS) is 12.3. The fourth-order valence-electron chi connectivity index (χ4n) is 9.33. The molecular weight excluding hydrogens is 1320 g/mol. The van der Waals surface area contributed by atoms with E-state index in [0.29, 0.717) is 61.8 Å². The lowest BCUT2D eigenvalue weighted by Gasteiger charge is -2.20. The van der Waals surface area contributed by atoms with Crippen LogP contribution in [0.1, 0.15) is 0 Å². The molecule has 0 aliphatic carbocycles. The molecular formula is C64H52N20O7S5. The minimum absolute atomic E-state index is 0.244. The van der Waals surface area contributed by atoms with Gasteiger partial charge in [-0.1, -0.05) is 108 Å². The summed E-state index contributed by atoms with van der Waals surface area (Å²) in [5.74, 6) is 7.26. The first-order chi connectivity index (χ1) is 46.4. The number of para-hydroxylation sites is 9. The fraction of sp³-hybridized carbons (Fsp3) is 0.0938. The van der Waals surface area contributed by atoms with Gasteiger partial charge in [0, 0.05) is 69.4 Å². The van der Waals surface area contributed by atoms with E-state index in [1.54, 1.807) is 61.6 Å². The van der Waals surface area contributed by atoms with Crippen molar-refractivity contribution < 1.29 is 14.2 Å². The van der Waals surface area contributed by atoms with Gasteiger partial charge >= 0.3 is 22.8 Å². The van der Waals surface area contributed by atoms with E-state index in [0.717, 1.165) is 80.7 Å². The van der Waals surface area contributed by atoms with Gasteiger partial charge < -0.3 is 59.8 Å².